The molecule has 69 heavy (non-hydrogen) atoms. The Labute approximate surface area is 394 Å². The zero-order valence-corrected chi connectivity index (χ0v) is 37.9. The fourth-order valence-electron chi connectivity index (χ4n) is 9.86. The summed E-state index contributed by atoms with van der Waals surface area (Å²) in [7, 11) is -4.26. The molecule has 4 saturated heterocycles. The van der Waals surface area contributed by atoms with Gasteiger partial charge >= 0.3 is 10.2 Å². The third-order valence-electron chi connectivity index (χ3n) is 13.7. The van der Waals surface area contributed by atoms with E-state index >= 15 is 8.78 Å². The highest BCUT2D eigenvalue weighted by Gasteiger charge is 2.41. The number of hydrogen-bond acceptors (Lipinski definition) is 13. The summed E-state index contributed by atoms with van der Waals surface area (Å²) in [4.78, 5) is 68.2. The summed E-state index contributed by atoms with van der Waals surface area (Å²) in [6.07, 6.45) is 3.87. The maximum absolute atomic E-state index is 16.0. The van der Waals surface area contributed by atoms with Gasteiger partial charge in [-0.25, -0.2) is 23.1 Å². The van der Waals surface area contributed by atoms with Crippen LogP contribution < -0.4 is 30.1 Å². The Hall–Kier alpha value is -7.09. The molecule has 5 aliphatic heterocycles. The van der Waals surface area contributed by atoms with Gasteiger partial charge in [-0.2, -0.15) is 18.0 Å². The second-order valence-electron chi connectivity index (χ2n) is 17.9. The van der Waals surface area contributed by atoms with Crippen LogP contribution in [0.2, 0.25) is 0 Å². The highest BCUT2D eigenvalue weighted by atomic mass is 32.2. The van der Waals surface area contributed by atoms with Crippen molar-refractivity contribution in [3.63, 3.8) is 0 Å². The van der Waals surface area contributed by atoms with Crippen molar-refractivity contribution in [3.05, 3.63) is 106 Å². The molecule has 22 heteroatoms. The molecule has 10 rings (SSSR count). The molecule has 358 valence electrons. The number of imide groups is 1. The maximum atomic E-state index is 16.0. The van der Waals surface area contributed by atoms with Gasteiger partial charge in [0.2, 0.25) is 11.8 Å². The molecule has 0 saturated carbocycles. The molecule has 0 unspecified atom stereocenters. The first-order valence-corrected chi connectivity index (χ1v) is 24.2. The van der Waals surface area contributed by atoms with Crippen molar-refractivity contribution in [1.29, 1.82) is 5.26 Å². The molecule has 2 atom stereocenters. The summed E-state index contributed by atoms with van der Waals surface area (Å²) in [6, 6.07) is 14.2. The lowest BCUT2D eigenvalue weighted by molar-refractivity contribution is -0.136. The Bertz CT molecular complexity index is 3100. The van der Waals surface area contributed by atoms with Gasteiger partial charge in [-0.1, -0.05) is 0 Å². The number of alkyl halides is 1. The van der Waals surface area contributed by atoms with Crippen LogP contribution in [0.15, 0.2) is 71.9 Å². The van der Waals surface area contributed by atoms with Crippen LogP contribution in [0.1, 0.15) is 53.6 Å². The Kier molecular flexibility index (Phi) is 12.2. The molecule has 2 aromatic heterocycles. The molecule has 0 spiro atoms. The Morgan fingerprint density at radius 2 is 1.68 bits per heavy atom. The predicted molar refractivity (Wildman–Crippen MR) is 246 cm³/mol. The summed E-state index contributed by atoms with van der Waals surface area (Å²) in [5.41, 5.74) is 1.00. The van der Waals surface area contributed by atoms with E-state index < -0.39 is 62.7 Å². The van der Waals surface area contributed by atoms with E-state index in [1.165, 1.54) is 34.0 Å². The van der Waals surface area contributed by atoms with Crippen LogP contribution in [-0.2, 0) is 26.3 Å². The number of anilines is 3. The number of carbonyl (C=O) groups is 3. The van der Waals surface area contributed by atoms with Crippen molar-refractivity contribution in [1.82, 2.24) is 34.0 Å². The molecule has 0 radical (unpaired) electrons. The molecule has 4 fully saturated rings. The van der Waals surface area contributed by atoms with E-state index in [2.05, 4.69) is 29.8 Å². The third kappa shape index (κ3) is 8.92. The first-order valence-electron chi connectivity index (χ1n) is 22.7. The number of nitrogens with zero attached hydrogens (tertiary/aromatic N) is 9. The number of benzene rings is 3. The third-order valence-corrected chi connectivity index (χ3v) is 15.1. The summed E-state index contributed by atoms with van der Waals surface area (Å²) in [6.45, 7) is 5.03. The molecule has 3 aromatic carbocycles. The van der Waals surface area contributed by atoms with E-state index in [1.807, 2.05) is 11.0 Å². The number of halogens is 3. The van der Waals surface area contributed by atoms with Gasteiger partial charge in [-0.3, -0.25) is 38.7 Å². The van der Waals surface area contributed by atoms with Gasteiger partial charge < -0.3 is 19.4 Å². The number of carbonyl (C=O) groups excluding carboxylic acids is 3. The standard InChI is InChI=1S/C47H46F3N11O7S/c48-29-13-16-59(25-29)69(66,67)55-38-6-4-36(49)44(34(38)22-51)68-31-2-5-37-33(21-31)47(65)61(27-53-37)41-9-1-30(23-52-41)57-19-17-56(18-20-57)24-28-11-14-58(15-12-28)39-7-3-32-35(43(39)50)26-60(46(32)64)40-8-10-42(62)54-45(40)63/h1-7,9,21,23,27-29,40,55H,8,10-20,24-26H2,(H,54,62,63)/t29-,40+/m1/s1. The highest BCUT2D eigenvalue weighted by Crippen LogP contribution is 2.37. The summed E-state index contributed by atoms with van der Waals surface area (Å²) in [5.74, 6) is -2.54. The molecule has 3 amide bonds. The van der Waals surface area contributed by atoms with Gasteiger partial charge in [0.1, 0.15) is 41.7 Å². The van der Waals surface area contributed by atoms with E-state index in [1.54, 1.807) is 30.5 Å². The quantitative estimate of drug-likeness (QED) is 0.178. The van der Waals surface area contributed by atoms with Gasteiger partial charge in [-0.05, 0) is 86.2 Å². The van der Waals surface area contributed by atoms with Gasteiger partial charge in [0.25, 0.3) is 11.5 Å². The minimum absolute atomic E-state index is 0.0109. The van der Waals surface area contributed by atoms with Crippen molar-refractivity contribution >= 4 is 55.9 Å². The molecule has 5 aliphatic rings. The SMILES string of the molecule is N#Cc1c(NS(=O)(=O)N2CC[C@@H](F)C2)ccc(F)c1Oc1ccc2ncn(-c3ccc(N4CCN(CC5CCN(c6ccc7c(c6F)CN([C@H]6CCC(=O)NC6=O)C7=O)CC5)CC4)cn3)c(=O)c2c1. The van der Waals surface area contributed by atoms with Crippen molar-refractivity contribution in [3.8, 4) is 23.4 Å². The topological polar surface area (TPSA) is 206 Å². The first kappa shape index (κ1) is 45.7. The largest absolute Gasteiger partial charge is 0.453 e. The number of nitriles is 1. The van der Waals surface area contributed by atoms with Crippen molar-refractivity contribution in [2.75, 3.05) is 73.4 Å². The molecular formula is C47H46F3N11O7S. The fraction of sp³-hybridized carbons (Fsp3) is 0.383. The van der Waals surface area contributed by atoms with Crippen LogP contribution in [0, 0.1) is 28.9 Å². The summed E-state index contributed by atoms with van der Waals surface area (Å²) >= 11 is 0. The maximum Gasteiger partial charge on any atom is 0.301 e. The van der Waals surface area contributed by atoms with Gasteiger partial charge in [0, 0.05) is 76.5 Å². The van der Waals surface area contributed by atoms with Crippen LogP contribution >= 0.6 is 0 Å². The molecule has 2 N–H and O–H groups in total. The Morgan fingerprint density at radius 3 is 2.39 bits per heavy atom. The first-order chi connectivity index (χ1) is 33.2. The minimum atomic E-state index is -4.26. The molecule has 18 nitrogen and oxygen atoms in total. The van der Waals surface area contributed by atoms with E-state index in [-0.39, 0.29) is 72.8 Å². The highest BCUT2D eigenvalue weighted by molar-refractivity contribution is 7.90. The van der Waals surface area contributed by atoms with Crippen molar-refractivity contribution in [2.45, 2.75) is 50.9 Å². The number of fused-ring (bicyclic) bond motifs is 2. The number of nitrogens with one attached hydrogen (secondary N) is 2. The lowest BCUT2D eigenvalue weighted by Crippen LogP contribution is -2.52. The van der Waals surface area contributed by atoms with Gasteiger partial charge in [-0.15, -0.1) is 0 Å². The number of ether oxygens (including phenoxy) is 1. The number of pyridine rings is 1. The molecule has 7 heterocycles. The van der Waals surface area contributed by atoms with Crippen LogP contribution in [0.25, 0.3) is 16.7 Å². The summed E-state index contributed by atoms with van der Waals surface area (Å²) in [5, 5.41) is 12.3. The Morgan fingerprint density at radius 1 is 0.884 bits per heavy atom. The number of aromatic nitrogens is 3. The molecule has 5 aromatic rings. The monoisotopic (exact) mass is 965 g/mol. The van der Waals surface area contributed by atoms with Gasteiger partial charge in [0.05, 0.1) is 40.7 Å². The van der Waals surface area contributed by atoms with E-state index in [0.29, 0.717) is 36.0 Å². The van der Waals surface area contributed by atoms with E-state index in [9.17, 15) is 37.2 Å². The number of hydrogen-bond donors (Lipinski definition) is 2. The smallest absolute Gasteiger partial charge is 0.301 e. The number of rotatable bonds is 11. The van der Waals surface area contributed by atoms with Crippen LogP contribution in [0.3, 0.4) is 0 Å². The fourth-order valence-corrected chi connectivity index (χ4v) is 11.1. The second-order valence-corrected chi connectivity index (χ2v) is 19.6. The second kappa shape index (κ2) is 18.4. The number of piperidine rings is 2. The van der Waals surface area contributed by atoms with Crippen LogP contribution in [0.5, 0.6) is 11.5 Å². The lowest BCUT2D eigenvalue weighted by atomic mass is 9.95. The van der Waals surface area contributed by atoms with Gasteiger partial charge in [0.15, 0.2) is 17.4 Å². The Balaban J connectivity index is 0.738. The van der Waals surface area contributed by atoms with Crippen molar-refractivity contribution < 1.29 is 40.7 Å². The number of piperazine rings is 1. The normalized spacial score (nSPS) is 20.6. The lowest BCUT2D eigenvalue weighted by Gasteiger charge is -2.40. The average molecular weight is 966 g/mol. The van der Waals surface area contributed by atoms with Crippen LogP contribution in [0.4, 0.5) is 30.2 Å². The molecule has 0 bridgehead atoms. The van der Waals surface area contributed by atoms with Crippen LogP contribution in [-0.4, -0.2) is 126 Å². The average Bonchev–Trinajstić information content (AvgIpc) is 3.94. The molecule has 0 aliphatic carbocycles. The zero-order valence-electron chi connectivity index (χ0n) is 37.1. The predicted octanol–water partition coefficient (Wildman–Crippen LogP) is 4.22. The molecular weight excluding hydrogens is 920 g/mol. The van der Waals surface area contributed by atoms with Crippen molar-refractivity contribution in [2.24, 2.45) is 5.92 Å². The van der Waals surface area contributed by atoms with E-state index in [4.69, 9.17) is 4.74 Å². The zero-order chi connectivity index (χ0) is 48.1. The summed E-state index contributed by atoms with van der Waals surface area (Å²) < 4.78 is 81.0. The minimum Gasteiger partial charge on any atom is -0.453 e. The van der Waals surface area contributed by atoms with E-state index in [0.717, 1.165) is 67.7 Å². The number of amides is 3.